The lowest BCUT2D eigenvalue weighted by Crippen LogP contribution is -2.26. The van der Waals surface area contributed by atoms with Crippen molar-refractivity contribution in [2.45, 2.75) is 42.6 Å². The number of methoxy groups -OCH3 is 2. The van der Waals surface area contributed by atoms with Crippen LogP contribution in [0.1, 0.15) is 37.4 Å². The van der Waals surface area contributed by atoms with Crippen molar-refractivity contribution in [3.8, 4) is 22.1 Å². The van der Waals surface area contributed by atoms with E-state index >= 15 is 0 Å². The quantitative estimate of drug-likeness (QED) is 0.241. The summed E-state index contributed by atoms with van der Waals surface area (Å²) in [7, 11) is 3.26. The van der Waals surface area contributed by atoms with E-state index in [1.165, 1.54) is 0 Å². The maximum atomic E-state index is 13.3. The van der Waals surface area contributed by atoms with Crippen LogP contribution in [0.5, 0.6) is 11.5 Å². The Morgan fingerprint density at radius 1 is 1.06 bits per heavy atom. The van der Waals surface area contributed by atoms with E-state index in [-0.39, 0.29) is 11.6 Å². The molecule has 0 aliphatic heterocycles. The molecule has 0 saturated heterocycles. The second-order valence-corrected chi connectivity index (χ2v) is 9.83. The summed E-state index contributed by atoms with van der Waals surface area (Å²) in [6.45, 7) is 0. The lowest BCUT2D eigenvalue weighted by Gasteiger charge is -2.18. The van der Waals surface area contributed by atoms with Gasteiger partial charge < -0.3 is 9.47 Å². The molecule has 33 heavy (non-hydrogen) atoms. The molecule has 0 N–H and O–H groups in total. The van der Waals surface area contributed by atoms with Gasteiger partial charge >= 0.3 is 0 Å². The molecular formula is C25H25N3O3S2. The number of rotatable bonds is 7. The number of benzene rings is 2. The average Bonchev–Trinajstić information content (AvgIpc) is 3.55. The molecule has 4 aromatic rings. The minimum Gasteiger partial charge on any atom is -0.493 e. The molecular weight excluding hydrogens is 454 g/mol. The first-order chi connectivity index (χ1) is 16.2. The number of thiazole rings is 1. The van der Waals surface area contributed by atoms with Gasteiger partial charge in [-0.05, 0) is 43.2 Å². The number of nitrogens with zero attached hydrogens (tertiary/aromatic N) is 3. The van der Waals surface area contributed by atoms with Gasteiger partial charge in [0.25, 0.3) is 5.56 Å². The smallest absolute Gasteiger partial charge is 0.262 e. The summed E-state index contributed by atoms with van der Waals surface area (Å²) in [6.07, 6.45) is 4.39. The third-order valence-electron chi connectivity index (χ3n) is 6.00. The van der Waals surface area contributed by atoms with Gasteiger partial charge in [-0.15, -0.1) is 11.3 Å². The van der Waals surface area contributed by atoms with Crippen molar-refractivity contribution in [3.05, 3.63) is 63.9 Å². The van der Waals surface area contributed by atoms with Gasteiger partial charge in [0.15, 0.2) is 16.7 Å². The van der Waals surface area contributed by atoms with Crippen LogP contribution in [0.15, 0.2) is 57.8 Å². The maximum absolute atomic E-state index is 13.3. The Morgan fingerprint density at radius 2 is 1.85 bits per heavy atom. The first kappa shape index (κ1) is 22.0. The first-order valence-electron chi connectivity index (χ1n) is 11.0. The first-order valence-corrected chi connectivity index (χ1v) is 12.9. The Hall–Kier alpha value is -2.84. The molecule has 0 amide bonds. The second kappa shape index (κ2) is 9.57. The van der Waals surface area contributed by atoms with Crippen LogP contribution >= 0.6 is 23.1 Å². The summed E-state index contributed by atoms with van der Waals surface area (Å²) in [5.74, 6) is 2.03. The number of thioether (sulfide) groups is 1. The maximum Gasteiger partial charge on any atom is 0.262 e. The molecule has 0 bridgehead atoms. The van der Waals surface area contributed by atoms with E-state index in [2.05, 4.69) is 5.38 Å². The Labute approximate surface area is 200 Å². The predicted molar refractivity (Wildman–Crippen MR) is 134 cm³/mol. The van der Waals surface area contributed by atoms with Crippen molar-refractivity contribution in [1.29, 1.82) is 0 Å². The predicted octanol–water partition coefficient (Wildman–Crippen LogP) is 5.94. The number of hydrogen-bond acceptors (Lipinski definition) is 7. The number of para-hydroxylation sites is 1. The summed E-state index contributed by atoms with van der Waals surface area (Å²) < 4.78 is 12.7. The summed E-state index contributed by atoms with van der Waals surface area (Å²) in [6, 6.07) is 13.7. The van der Waals surface area contributed by atoms with Crippen molar-refractivity contribution >= 4 is 34.0 Å². The highest BCUT2D eigenvalue weighted by atomic mass is 32.2. The Balaban J connectivity index is 1.42. The third kappa shape index (κ3) is 4.37. The number of aromatic nitrogens is 3. The topological polar surface area (TPSA) is 66.2 Å². The zero-order chi connectivity index (χ0) is 22.8. The van der Waals surface area contributed by atoms with Gasteiger partial charge in [0.05, 0.1) is 30.8 Å². The number of fused-ring (bicyclic) bond motifs is 1. The van der Waals surface area contributed by atoms with Gasteiger partial charge in [0.2, 0.25) is 0 Å². The van der Waals surface area contributed by atoms with E-state index in [0.29, 0.717) is 22.6 Å². The zero-order valence-electron chi connectivity index (χ0n) is 18.6. The van der Waals surface area contributed by atoms with E-state index in [1.807, 2.05) is 47.0 Å². The number of hydrogen-bond donors (Lipinski definition) is 0. The van der Waals surface area contributed by atoms with E-state index < -0.39 is 0 Å². The summed E-state index contributed by atoms with van der Waals surface area (Å²) in [5.41, 5.74) is 2.78. The van der Waals surface area contributed by atoms with Gasteiger partial charge in [0.1, 0.15) is 5.01 Å². The van der Waals surface area contributed by atoms with Crippen molar-refractivity contribution in [2.24, 2.45) is 0 Å². The summed E-state index contributed by atoms with van der Waals surface area (Å²) >= 11 is 3.19. The van der Waals surface area contributed by atoms with Crippen molar-refractivity contribution in [3.63, 3.8) is 0 Å². The zero-order valence-corrected chi connectivity index (χ0v) is 20.2. The standard InChI is InChI=1S/C25H25N3O3S2/c1-30-21-12-11-16(13-22(21)31-2)23-26-17(14-32-23)15-33-25-27-20-10-6-5-9-19(20)24(29)28(25)18-7-3-4-8-18/h5-6,9-14,18H,3-4,7-8,15H2,1-2H3. The molecule has 2 aromatic heterocycles. The molecule has 2 aromatic carbocycles. The molecule has 0 unspecified atom stereocenters. The molecule has 2 heterocycles. The molecule has 5 rings (SSSR count). The molecule has 1 aliphatic rings. The van der Waals surface area contributed by atoms with E-state index in [1.54, 1.807) is 37.3 Å². The fraction of sp³-hybridized carbons (Fsp3) is 0.320. The average molecular weight is 480 g/mol. The normalized spacial score (nSPS) is 14.1. The van der Waals surface area contributed by atoms with E-state index in [4.69, 9.17) is 19.4 Å². The SMILES string of the molecule is COc1ccc(-c2nc(CSc3nc4ccccc4c(=O)n3C3CCCC3)cs2)cc1OC. The molecule has 170 valence electrons. The van der Waals surface area contributed by atoms with Gasteiger partial charge in [-0.3, -0.25) is 9.36 Å². The van der Waals surface area contributed by atoms with Gasteiger partial charge in [-0.1, -0.05) is 36.7 Å². The van der Waals surface area contributed by atoms with Crippen LogP contribution in [0.3, 0.4) is 0 Å². The van der Waals surface area contributed by atoms with E-state index in [0.717, 1.165) is 52.6 Å². The van der Waals surface area contributed by atoms with Crippen molar-refractivity contribution < 1.29 is 9.47 Å². The molecule has 0 atom stereocenters. The highest BCUT2D eigenvalue weighted by Gasteiger charge is 2.23. The third-order valence-corrected chi connectivity index (χ3v) is 7.92. The van der Waals surface area contributed by atoms with Crippen LogP contribution in [-0.2, 0) is 5.75 Å². The minimum atomic E-state index is 0.0688. The van der Waals surface area contributed by atoms with Crippen molar-refractivity contribution in [2.75, 3.05) is 14.2 Å². The van der Waals surface area contributed by atoms with Crippen LogP contribution in [0.25, 0.3) is 21.5 Å². The Kier molecular flexibility index (Phi) is 6.37. The highest BCUT2D eigenvalue weighted by Crippen LogP contribution is 2.36. The van der Waals surface area contributed by atoms with Crippen LogP contribution < -0.4 is 15.0 Å². The minimum absolute atomic E-state index is 0.0688. The Morgan fingerprint density at radius 3 is 2.64 bits per heavy atom. The molecule has 6 nitrogen and oxygen atoms in total. The van der Waals surface area contributed by atoms with Crippen LogP contribution in [-0.4, -0.2) is 28.8 Å². The lowest BCUT2D eigenvalue weighted by atomic mass is 10.2. The van der Waals surface area contributed by atoms with Crippen LogP contribution in [0.4, 0.5) is 0 Å². The largest absolute Gasteiger partial charge is 0.493 e. The second-order valence-electron chi connectivity index (χ2n) is 8.03. The number of ether oxygens (including phenoxy) is 2. The van der Waals surface area contributed by atoms with Gasteiger partial charge in [-0.25, -0.2) is 9.97 Å². The van der Waals surface area contributed by atoms with E-state index in [9.17, 15) is 4.79 Å². The molecule has 1 aliphatic carbocycles. The molecule has 0 spiro atoms. The monoisotopic (exact) mass is 479 g/mol. The fourth-order valence-corrected chi connectivity index (χ4v) is 6.21. The van der Waals surface area contributed by atoms with Crippen LogP contribution in [0, 0.1) is 0 Å². The van der Waals surface area contributed by atoms with Gasteiger partial charge in [-0.2, -0.15) is 0 Å². The molecule has 0 radical (unpaired) electrons. The molecule has 1 fully saturated rings. The van der Waals surface area contributed by atoms with Crippen LogP contribution in [0.2, 0.25) is 0 Å². The van der Waals surface area contributed by atoms with Gasteiger partial charge in [0, 0.05) is 22.7 Å². The summed E-state index contributed by atoms with van der Waals surface area (Å²) in [4.78, 5) is 23.0. The Bertz CT molecular complexity index is 1340. The lowest BCUT2D eigenvalue weighted by molar-refractivity contribution is 0.355. The highest BCUT2D eigenvalue weighted by molar-refractivity contribution is 7.98. The summed E-state index contributed by atoms with van der Waals surface area (Å²) in [5, 5.41) is 4.47. The molecule has 1 saturated carbocycles. The fourth-order valence-electron chi connectivity index (χ4n) is 4.33. The molecule has 8 heteroatoms. The van der Waals surface area contributed by atoms with Crippen molar-refractivity contribution in [1.82, 2.24) is 14.5 Å².